The molecule has 148 valence electrons. The van der Waals surface area contributed by atoms with E-state index in [4.69, 9.17) is 4.74 Å². The number of pyridine rings is 1. The number of rotatable bonds is 5. The van der Waals surface area contributed by atoms with Crippen molar-refractivity contribution < 1.29 is 26.9 Å². The molecule has 0 aliphatic rings. The van der Waals surface area contributed by atoms with Crippen molar-refractivity contribution in [3.8, 4) is 5.75 Å². The molecule has 28 heavy (non-hydrogen) atoms. The summed E-state index contributed by atoms with van der Waals surface area (Å²) in [5.41, 5.74) is 1.71. The van der Waals surface area contributed by atoms with E-state index in [1.807, 2.05) is 0 Å². The van der Waals surface area contributed by atoms with Crippen LogP contribution in [0.3, 0.4) is 0 Å². The standard InChI is InChI=1S/C18H16F3N3O3S/c1-11-14(22-8-7-16(11)27-10-18(19,20)21)9-28(26)17-23-13-5-3-4-6-15(13)24(17)12(2)25/h3-8H,9-10H2,1-2H3/t28-/m1/s1. The monoisotopic (exact) mass is 411 g/mol. The molecule has 0 saturated heterocycles. The lowest BCUT2D eigenvalue weighted by atomic mass is 10.2. The van der Waals surface area contributed by atoms with Crippen molar-refractivity contribution in [2.45, 2.75) is 30.9 Å². The van der Waals surface area contributed by atoms with Crippen LogP contribution in [0.25, 0.3) is 11.0 Å². The van der Waals surface area contributed by atoms with Gasteiger partial charge in [-0.2, -0.15) is 13.2 Å². The van der Waals surface area contributed by atoms with Crippen molar-refractivity contribution in [1.29, 1.82) is 0 Å². The van der Waals surface area contributed by atoms with E-state index in [0.717, 1.165) is 0 Å². The number of carbonyl (C=O) groups is 1. The molecule has 0 aliphatic carbocycles. The van der Waals surface area contributed by atoms with E-state index in [1.165, 1.54) is 23.8 Å². The third-order valence-electron chi connectivity index (χ3n) is 3.97. The average molecular weight is 411 g/mol. The molecule has 0 N–H and O–H groups in total. The molecular formula is C18H16F3N3O3S. The van der Waals surface area contributed by atoms with Crippen LogP contribution in [0, 0.1) is 6.92 Å². The van der Waals surface area contributed by atoms with Crippen LogP contribution in [0.15, 0.2) is 41.7 Å². The molecule has 0 radical (unpaired) electrons. The number of halogens is 3. The van der Waals surface area contributed by atoms with Gasteiger partial charge in [0.2, 0.25) is 11.1 Å². The van der Waals surface area contributed by atoms with Gasteiger partial charge in [0.25, 0.3) is 0 Å². The smallest absolute Gasteiger partial charge is 0.422 e. The first-order valence-corrected chi connectivity index (χ1v) is 9.50. The highest BCUT2D eigenvalue weighted by Crippen LogP contribution is 2.25. The maximum atomic E-state index is 12.9. The Morgan fingerprint density at radius 1 is 1.25 bits per heavy atom. The van der Waals surface area contributed by atoms with Gasteiger partial charge < -0.3 is 4.74 Å². The van der Waals surface area contributed by atoms with Gasteiger partial charge in [-0.25, -0.2) is 4.98 Å². The van der Waals surface area contributed by atoms with Gasteiger partial charge in [-0.1, -0.05) is 12.1 Å². The van der Waals surface area contributed by atoms with Crippen molar-refractivity contribution in [2.24, 2.45) is 0 Å². The zero-order valence-corrected chi connectivity index (χ0v) is 15.8. The van der Waals surface area contributed by atoms with E-state index < -0.39 is 23.6 Å². The number of imidazole rings is 1. The highest BCUT2D eigenvalue weighted by atomic mass is 32.2. The summed E-state index contributed by atoms with van der Waals surface area (Å²) < 4.78 is 56.2. The molecule has 6 nitrogen and oxygen atoms in total. The lowest BCUT2D eigenvalue weighted by Crippen LogP contribution is -2.20. The Hall–Kier alpha value is -2.75. The number of ether oxygens (including phenoxy) is 1. The molecule has 1 aromatic carbocycles. The molecule has 1 atom stereocenters. The third-order valence-corrected chi connectivity index (χ3v) is 5.18. The highest BCUT2D eigenvalue weighted by Gasteiger charge is 2.29. The summed E-state index contributed by atoms with van der Waals surface area (Å²) in [6.45, 7) is 1.45. The van der Waals surface area contributed by atoms with Crippen LogP contribution in [-0.2, 0) is 16.6 Å². The molecule has 10 heteroatoms. The zero-order chi connectivity index (χ0) is 20.5. The molecule has 3 rings (SSSR count). The second-order valence-corrected chi connectivity index (χ2v) is 7.36. The third kappa shape index (κ3) is 4.22. The predicted molar refractivity (Wildman–Crippen MR) is 96.7 cm³/mol. The predicted octanol–water partition coefficient (Wildman–Crippen LogP) is 3.65. The lowest BCUT2D eigenvalue weighted by molar-refractivity contribution is -0.153. The molecule has 0 saturated carbocycles. The number of carbonyl (C=O) groups excluding carboxylic acids is 1. The van der Waals surface area contributed by atoms with Gasteiger partial charge in [0, 0.05) is 18.7 Å². The Labute approximate surface area is 160 Å². The Bertz CT molecular complexity index is 1060. The van der Waals surface area contributed by atoms with Gasteiger partial charge >= 0.3 is 6.18 Å². The molecular weight excluding hydrogens is 395 g/mol. The summed E-state index contributed by atoms with van der Waals surface area (Å²) >= 11 is 0. The summed E-state index contributed by atoms with van der Waals surface area (Å²) in [6.07, 6.45) is -3.18. The van der Waals surface area contributed by atoms with E-state index >= 15 is 0 Å². The van der Waals surface area contributed by atoms with Gasteiger partial charge in [-0.15, -0.1) is 0 Å². The fourth-order valence-corrected chi connectivity index (χ4v) is 3.97. The van der Waals surface area contributed by atoms with Crippen LogP contribution in [0.4, 0.5) is 13.2 Å². The summed E-state index contributed by atoms with van der Waals surface area (Å²) in [4.78, 5) is 20.4. The average Bonchev–Trinajstić information content (AvgIpc) is 3.01. The number of benzene rings is 1. The maximum Gasteiger partial charge on any atom is 0.422 e. The Balaban J connectivity index is 1.91. The zero-order valence-electron chi connectivity index (χ0n) is 15.0. The summed E-state index contributed by atoms with van der Waals surface area (Å²) in [5.74, 6) is -0.450. The van der Waals surface area contributed by atoms with Crippen LogP contribution >= 0.6 is 0 Å². The number of hydrogen-bond acceptors (Lipinski definition) is 5. The number of para-hydroxylation sites is 2. The highest BCUT2D eigenvalue weighted by molar-refractivity contribution is 7.84. The van der Waals surface area contributed by atoms with E-state index in [9.17, 15) is 22.2 Å². The minimum atomic E-state index is -4.47. The number of aromatic nitrogens is 3. The van der Waals surface area contributed by atoms with Crippen molar-refractivity contribution in [2.75, 3.05) is 6.61 Å². The van der Waals surface area contributed by atoms with Crippen LogP contribution in [0.1, 0.15) is 23.0 Å². The van der Waals surface area contributed by atoms with Crippen molar-refractivity contribution >= 4 is 27.7 Å². The quantitative estimate of drug-likeness (QED) is 0.641. The molecule has 0 amide bonds. The molecule has 0 bridgehead atoms. The Morgan fingerprint density at radius 2 is 1.96 bits per heavy atom. The number of nitrogens with zero attached hydrogens (tertiary/aromatic N) is 3. The van der Waals surface area contributed by atoms with Crippen LogP contribution in [0.2, 0.25) is 0 Å². The molecule has 0 fully saturated rings. The van der Waals surface area contributed by atoms with Gasteiger partial charge in [-0.05, 0) is 25.1 Å². The maximum absolute atomic E-state index is 12.9. The van der Waals surface area contributed by atoms with Gasteiger partial charge in [0.05, 0.1) is 33.3 Å². The Kier molecular flexibility index (Phi) is 5.50. The first-order valence-electron chi connectivity index (χ1n) is 8.18. The van der Waals surface area contributed by atoms with Gasteiger partial charge in [0.15, 0.2) is 6.61 Å². The summed E-state index contributed by atoms with van der Waals surface area (Å²) in [7, 11) is -1.75. The molecule has 0 aliphatic heterocycles. The Morgan fingerprint density at radius 3 is 2.64 bits per heavy atom. The van der Waals surface area contributed by atoms with Crippen molar-refractivity contribution in [1.82, 2.24) is 14.5 Å². The molecule has 3 aromatic rings. The second-order valence-electron chi connectivity index (χ2n) is 6.01. The normalized spacial score (nSPS) is 12.9. The fourth-order valence-electron chi connectivity index (χ4n) is 2.67. The first-order chi connectivity index (χ1) is 13.2. The minimum absolute atomic E-state index is 0.0133. The summed E-state index contributed by atoms with van der Waals surface area (Å²) in [6, 6.07) is 8.20. The topological polar surface area (TPSA) is 74.1 Å². The first kappa shape index (κ1) is 20.0. The van der Waals surface area contributed by atoms with Crippen molar-refractivity contribution in [3.63, 3.8) is 0 Å². The lowest BCUT2D eigenvalue weighted by Gasteiger charge is -2.13. The fraction of sp³-hybridized carbons (Fsp3) is 0.278. The van der Waals surface area contributed by atoms with Gasteiger partial charge in [-0.3, -0.25) is 18.6 Å². The SMILES string of the molecule is CC(=O)n1c([S@](=O)Cc2nccc(OCC(F)(F)F)c2C)nc2ccccc21. The number of alkyl halides is 3. The van der Waals surface area contributed by atoms with Crippen LogP contribution in [0.5, 0.6) is 5.75 Å². The molecule has 0 unspecified atom stereocenters. The minimum Gasteiger partial charge on any atom is -0.484 e. The van der Waals surface area contributed by atoms with E-state index in [1.54, 1.807) is 31.2 Å². The molecule has 2 heterocycles. The van der Waals surface area contributed by atoms with Crippen LogP contribution in [-0.4, -0.2) is 37.4 Å². The number of hydrogen-bond donors (Lipinski definition) is 0. The van der Waals surface area contributed by atoms with Gasteiger partial charge in [0.1, 0.15) is 5.75 Å². The largest absolute Gasteiger partial charge is 0.484 e. The summed E-state index contributed by atoms with van der Waals surface area (Å²) in [5, 5.41) is 0.0662. The second kappa shape index (κ2) is 7.70. The van der Waals surface area contributed by atoms with E-state index in [-0.39, 0.29) is 22.6 Å². The van der Waals surface area contributed by atoms with E-state index in [0.29, 0.717) is 22.3 Å². The molecule has 2 aromatic heterocycles. The molecule has 0 spiro atoms. The van der Waals surface area contributed by atoms with E-state index in [2.05, 4.69) is 9.97 Å². The van der Waals surface area contributed by atoms with Crippen molar-refractivity contribution in [3.05, 3.63) is 47.8 Å². The number of fused-ring (bicyclic) bond motifs is 1. The van der Waals surface area contributed by atoms with Crippen LogP contribution < -0.4 is 4.74 Å².